The predicted octanol–water partition coefficient (Wildman–Crippen LogP) is 2.48. The molecule has 0 amide bonds. The van der Waals surface area contributed by atoms with Gasteiger partial charge in [-0.2, -0.15) is 0 Å². The number of hydrogen-bond acceptors (Lipinski definition) is 4. The number of pyridine rings is 1. The van der Waals surface area contributed by atoms with Gasteiger partial charge in [-0.25, -0.2) is 0 Å². The normalized spacial score (nSPS) is 15.2. The van der Waals surface area contributed by atoms with Gasteiger partial charge in [0, 0.05) is 43.7 Å². The number of nitrogens with zero attached hydrogens (tertiary/aromatic N) is 1. The maximum Gasteiger partial charge on any atom is 0.256 e. The lowest BCUT2D eigenvalue weighted by molar-refractivity contribution is 0.192. The molecule has 5 nitrogen and oxygen atoms in total. The number of fused-ring (bicyclic) bond motifs is 1. The molecule has 1 saturated heterocycles. The first-order chi connectivity index (χ1) is 12.8. The summed E-state index contributed by atoms with van der Waals surface area (Å²) in [5.74, 6) is 0.751. The molecule has 0 bridgehead atoms. The van der Waals surface area contributed by atoms with Crippen LogP contribution in [-0.4, -0.2) is 49.2 Å². The minimum Gasteiger partial charge on any atom is -0.489 e. The molecule has 1 aromatic heterocycles. The molecule has 4 rings (SSSR count). The van der Waals surface area contributed by atoms with Crippen LogP contribution in [0.5, 0.6) is 5.75 Å². The molecule has 1 fully saturated rings. The van der Waals surface area contributed by atoms with Crippen LogP contribution in [0.25, 0.3) is 22.0 Å². The average Bonchev–Trinajstić information content (AvgIpc) is 2.71. The van der Waals surface area contributed by atoms with Crippen LogP contribution in [0.3, 0.4) is 0 Å². The van der Waals surface area contributed by atoms with Gasteiger partial charge in [0.15, 0.2) is 5.75 Å². The second-order valence-corrected chi connectivity index (χ2v) is 6.51. The van der Waals surface area contributed by atoms with Crippen molar-refractivity contribution in [2.24, 2.45) is 0 Å². The smallest absolute Gasteiger partial charge is 0.256 e. The number of benzene rings is 2. The number of aromatic nitrogens is 1. The van der Waals surface area contributed by atoms with Gasteiger partial charge in [0.2, 0.25) is 0 Å². The van der Waals surface area contributed by atoms with E-state index in [1.165, 1.54) is 0 Å². The van der Waals surface area contributed by atoms with E-state index in [1.807, 2.05) is 54.6 Å². The Morgan fingerprint density at radius 1 is 0.923 bits per heavy atom. The van der Waals surface area contributed by atoms with Crippen LogP contribution >= 0.6 is 0 Å². The van der Waals surface area contributed by atoms with Gasteiger partial charge < -0.3 is 15.0 Å². The lowest BCUT2D eigenvalue weighted by Gasteiger charge is -2.27. The van der Waals surface area contributed by atoms with Crippen molar-refractivity contribution in [2.75, 3.05) is 39.3 Å². The Hall–Kier alpha value is -2.63. The number of rotatable bonds is 5. The van der Waals surface area contributed by atoms with Crippen molar-refractivity contribution in [2.45, 2.75) is 0 Å². The summed E-state index contributed by atoms with van der Waals surface area (Å²) < 4.78 is 6.23. The first kappa shape index (κ1) is 16.8. The Kier molecular flexibility index (Phi) is 5.00. The summed E-state index contributed by atoms with van der Waals surface area (Å²) in [4.78, 5) is 17.9. The summed E-state index contributed by atoms with van der Waals surface area (Å²) in [7, 11) is 0. The van der Waals surface area contributed by atoms with Crippen LogP contribution in [0.1, 0.15) is 0 Å². The van der Waals surface area contributed by atoms with Gasteiger partial charge >= 0.3 is 0 Å². The second kappa shape index (κ2) is 7.72. The molecule has 0 saturated carbocycles. The molecule has 134 valence electrons. The standard InChI is InChI=1S/C21H23N3O2/c25-21-18-9-5-4-8-17(18)20(19(23-21)16-6-2-1-3-7-16)26-15-14-24-12-10-22-11-13-24/h1-9,22H,10-15H2,(H,23,25). The highest BCUT2D eigenvalue weighted by Gasteiger charge is 2.15. The summed E-state index contributed by atoms with van der Waals surface area (Å²) >= 11 is 0. The quantitative estimate of drug-likeness (QED) is 0.743. The number of hydrogen-bond donors (Lipinski definition) is 2. The Morgan fingerprint density at radius 3 is 2.38 bits per heavy atom. The number of aromatic amines is 1. The Morgan fingerprint density at radius 2 is 1.62 bits per heavy atom. The SMILES string of the molecule is O=c1[nH]c(-c2ccccc2)c(OCCN2CCNCC2)c2ccccc12. The molecule has 26 heavy (non-hydrogen) atoms. The van der Waals surface area contributed by atoms with Crippen LogP contribution in [0.4, 0.5) is 0 Å². The van der Waals surface area contributed by atoms with Gasteiger partial charge in [0.1, 0.15) is 6.61 Å². The number of piperazine rings is 1. The van der Waals surface area contributed by atoms with E-state index >= 15 is 0 Å². The van der Waals surface area contributed by atoms with Crippen LogP contribution in [0.15, 0.2) is 59.4 Å². The number of ether oxygens (including phenoxy) is 1. The van der Waals surface area contributed by atoms with E-state index in [-0.39, 0.29) is 5.56 Å². The van der Waals surface area contributed by atoms with Crippen molar-refractivity contribution >= 4 is 10.8 Å². The summed E-state index contributed by atoms with van der Waals surface area (Å²) in [5, 5.41) is 4.88. The molecule has 0 radical (unpaired) electrons. The third kappa shape index (κ3) is 3.49. The monoisotopic (exact) mass is 349 g/mol. The van der Waals surface area contributed by atoms with E-state index in [9.17, 15) is 4.79 Å². The van der Waals surface area contributed by atoms with Gasteiger partial charge in [0.25, 0.3) is 5.56 Å². The van der Waals surface area contributed by atoms with Gasteiger partial charge in [-0.05, 0) is 6.07 Å². The third-order valence-corrected chi connectivity index (χ3v) is 4.81. The van der Waals surface area contributed by atoms with Crippen molar-refractivity contribution in [3.8, 4) is 17.0 Å². The van der Waals surface area contributed by atoms with Crippen LogP contribution in [0.2, 0.25) is 0 Å². The highest BCUT2D eigenvalue weighted by molar-refractivity contribution is 5.92. The summed E-state index contributed by atoms with van der Waals surface area (Å²) in [6.45, 7) is 5.61. The van der Waals surface area contributed by atoms with Gasteiger partial charge in [-0.15, -0.1) is 0 Å². The zero-order valence-electron chi connectivity index (χ0n) is 14.7. The van der Waals surface area contributed by atoms with Crippen LogP contribution in [0, 0.1) is 0 Å². The minimum absolute atomic E-state index is 0.0890. The van der Waals surface area contributed by atoms with Crippen molar-refractivity contribution in [1.29, 1.82) is 0 Å². The highest BCUT2D eigenvalue weighted by Crippen LogP contribution is 2.33. The average molecular weight is 349 g/mol. The maximum absolute atomic E-state index is 12.5. The molecular weight excluding hydrogens is 326 g/mol. The van der Waals surface area contributed by atoms with E-state index in [4.69, 9.17) is 4.74 Å². The molecule has 5 heteroatoms. The molecule has 0 unspecified atom stereocenters. The molecule has 0 atom stereocenters. The van der Waals surface area contributed by atoms with Gasteiger partial charge in [0.05, 0.1) is 11.1 Å². The molecule has 1 aliphatic heterocycles. The van der Waals surface area contributed by atoms with E-state index in [2.05, 4.69) is 15.2 Å². The Labute approximate surface area is 152 Å². The summed E-state index contributed by atoms with van der Waals surface area (Å²) in [6, 6.07) is 17.5. The lowest BCUT2D eigenvalue weighted by atomic mass is 10.1. The minimum atomic E-state index is -0.0890. The molecule has 2 heterocycles. The van der Waals surface area contributed by atoms with Crippen molar-refractivity contribution < 1.29 is 4.74 Å². The zero-order valence-corrected chi connectivity index (χ0v) is 14.7. The first-order valence-electron chi connectivity index (χ1n) is 9.09. The van der Waals surface area contributed by atoms with Crippen LogP contribution < -0.4 is 15.6 Å². The van der Waals surface area contributed by atoms with Crippen molar-refractivity contribution in [3.05, 3.63) is 65.0 Å². The van der Waals surface area contributed by atoms with Crippen LogP contribution in [-0.2, 0) is 0 Å². The van der Waals surface area contributed by atoms with E-state index < -0.39 is 0 Å². The lowest BCUT2D eigenvalue weighted by Crippen LogP contribution is -2.44. The fourth-order valence-corrected chi connectivity index (χ4v) is 3.42. The topological polar surface area (TPSA) is 57.4 Å². The van der Waals surface area contributed by atoms with E-state index in [1.54, 1.807) is 0 Å². The van der Waals surface area contributed by atoms with Gasteiger partial charge in [-0.1, -0.05) is 48.5 Å². The van der Waals surface area contributed by atoms with Crippen molar-refractivity contribution in [1.82, 2.24) is 15.2 Å². The Bertz CT molecular complexity index is 931. The largest absolute Gasteiger partial charge is 0.489 e. The zero-order chi connectivity index (χ0) is 17.8. The van der Waals surface area contributed by atoms with Gasteiger partial charge in [-0.3, -0.25) is 9.69 Å². The molecule has 2 aromatic carbocycles. The number of nitrogens with one attached hydrogen (secondary N) is 2. The molecule has 2 N–H and O–H groups in total. The fraction of sp³-hybridized carbons (Fsp3) is 0.286. The van der Waals surface area contributed by atoms with E-state index in [0.29, 0.717) is 12.0 Å². The summed E-state index contributed by atoms with van der Waals surface area (Å²) in [5.41, 5.74) is 1.61. The molecule has 0 aliphatic carbocycles. The van der Waals surface area contributed by atoms with Crippen molar-refractivity contribution in [3.63, 3.8) is 0 Å². The number of H-pyrrole nitrogens is 1. The van der Waals surface area contributed by atoms with E-state index in [0.717, 1.165) is 55.1 Å². The first-order valence-corrected chi connectivity index (χ1v) is 9.09. The molecule has 3 aromatic rings. The predicted molar refractivity (Wildman–Crippen MR) is 105 cm³/mol. The molecule has 0 spiro atoms. The maximum atomic E-state index is 12.5. The molecular formula is C21H23N3O2. The summed E-state index contributed by atoms with van der Waals surface area (Å²) in [6.07, 6.45) is 0. The fourth-order valence-electron chi connectivity index (χ4n) is 3.42. The highest BCUT2D eigenvalue weighted by atomic mass is 16.5. The second-order valence-electron chi connectivity index (χ2n) is 6.51. The molecule has 1 aliphatic rings. The third-order valence-electron chi connectivity index (χ3n) is 4.81. The Balaban J connectivity index is 1.68.